The SMILES string of the molecule is CC[C@@H]1CC(C(=O)NCCNC(=O)[C@@H](OCc2ccccc2)[C@@H](COCc2ccccc2)OCc2ccccc2)CC(O[C@@H]2O[C@@H](COC(C)=O)C3OC(=O)[C@@H](CC4CCCCC4)OC3C2NC(C)=O)C1OC1OC(C)C(OC(C)=O)C(OC(C)=O)C1OC(C)=O. The third-order valence-electron chi connectivity index (χ3n) is 16.9. The van der Waals surface area contributed by atoms with E-state index < -0.39 is 158 Å². The molecule has 91 heavy (non-hydrogen) atoms. The smallest absolute Gasteiger partial charge is 0.335 e. The van der Waals surface area contributed by atoms with Gasteiger partial charge in [-0.1, -0.05) is 136 Å². The second kappa shape index (κ2) is 34.7. The van der Waals surface area contributed by atoms with Gasteiger partial charge in [0, 0.05) is 53.6 Å². The van der Waals surface area contributed by atoms with Gasteiger partial charge in [0.15, 0.2) is 49.2 Å². The Hall–Kier alpha value is -6.90. The standard InChI is InChI=1S/C67H89N3O21/c1-8-49-32-50(63(76)68-29-30-69-64(77)59(82-36-48-27-19-12-20-28-48)53(81-35-47-25-17-11-18-26-47)37-79-34-46-23-15-10-16-24-46)33-51(57(49)91-67-62(86-44(7)75)61(85-43(6)74)56(39(2)83-67)84-42(5)73)88-66-55(70-40(3)71)60-58(54(89-66)38-80-41(4)72)90-65(78)52(87-60)31-45-21-13-9-14-22-45/h10-12,15-20,23-28,39,45,49-62,66-67H,8-9,13-14,21-22,29-38H2,1-7H3,(H,68,76)(H,69,77)(H,70,71)/t39?,49-,50?,51?,52-,53-,54+,55?,56?,57?,58?,59+,60?,61?,62?,66-,67?/m1/s1. The largest absolute Gasteiger partial charge is 0.463 e. The first-order valence-electron chi connectivity index (χ1n) is 31.7. The van der Waals surface area contributed by atoms with Gasteiger partial charge in [-0.15, -0.1) is 0 Å². The van der Waals surface area contributed by atoms with Crippen LogP contribution in [-0.4, -0.2) is 166 Å². The molecule has 24 heteroatoms. The Morgan fingerprint density at radius 2 is 1.21 bits per heavy atom. The van der Waals surface area contributed by atoms with Crippen molar-refractivity contribution in [3.8, 4) is 0 Å². The molecule has 0 radical (unpaired) electrons. The van der Waals surface area contributed by atoms with Crippen molar-refractivity contribution in [3.05, 3.63) is 108 Å². The number of ether oxygens (including phenoxy) is 13. The van der Waals surface area contributed by atoms with Gasteiger partial charge >= 0.3 is 29.8 Å². The van der Waals surface area contributed by atoms with Crippen LogP contribution >= 0.6 is 0 Å². The molecule has 3 saturated heterocycles. The molecule has 8 rings (SSSR count). The number of hydrogen-bond acceptors (Lipinski definition) is 21. The summed E-state index contributed by atoms with van der Waals surface area (Å²) in [5.41, 5.74) is 2.64. The Balaban J connectivity index is 1.06. The molecule has 3 aromatic rings. The van der Waals surface area contributed by atoms with Crippen LogP contribution in [0.5, 0.6) is 0 Å². The van der Waals surface area contributed by atoms with Gasteiger partial charge in [-0.3, -0.25) is 33.6 Å². The monoisotopic (exact) mass is 1270 g/mol. The van der Waals surface area contributed by atoms with Crippen LogP contribution in [0.4, 0.5) is 0 Å². The second-order valence-corrected chi connectivity index (χ2v) is 24.0. The zero-order valence-electron chi connectivity index (χ0n) is 52.9. The van der Waals surface area contributed by atoms with E-state index in [0.717, 1.165) is 62.6 Å². The fraction of sp³-hybridized carbons (Fsp3) is 0.612. The molecule has 2 saturated carbocycles. The Bertz CT molecular complexity index is 2850. The normalized spacial score (nSPS) is 29.0. The summed E-state index contributed by atoms with van der Waals surface area (Å²) in [6, 6.07) is 27.4. The fourth-order valence-electron chi connectivity index (χ4n) is 12.6. The van der Waals surface area contributed by atoms with Crippen molar-refractivity contribution in [1.82, 2.24) is 16.0 Å². The summed E-state index contributed by atoms with van der Waals surface area (Å²) in [5, 5.41) is 8.87. The van der Waals surface area contributed by atoms with Gasteiger partial charge in [-0.05, 0) is 54.7 Å². The molecule has 17 atom stereocenters. The number of fused-ring (bicyclic) bond motifs is 1. The van der Waals surface area contributed by atoms with Gasteiger partial charge in [0.25, 0.3) is 5.91 Å². The van der Waals surface area contributed by atoms with Crippen molar-refractivity contribution < 1.29 is 99.9 Å². The number of carbonyl (C=O) groups is 8. The van der Waals surface area contributed by atoms with E-state index in [1.807, 2.05) is 97.9 Å². The molecule has 5 aliphatic rings. The van der Waals surface area contributed by atoms with E-state index >= 15 is 0 Å². The molecule has 3 heterocycles. The Morgan fingerprint density at radius 3 is 1.81 bits per heavy atom. The van der Waals surface area contributed by atoms with Crippen molar-refractivity contribution in [2.45, 2.75) is 218 Å². The summed E-state index contributed by atoms with van der Waals surface area (Å²) in [6.45, 7) is 9.48. The van der Waals surface area contributed by atoms with Gasteiger partial charge in [-0.25, -0.2) is 4.79 Å². The highest BCUT2D eigenvalue weighted by Crippen LogP contribution is 2.42. The molecule has 3 aliphatic heterocycles. The molecule has 11 unspecified atom stereocenters. The molecule has 0 aromatic heterocycles. The third kappa shape index (κ3) is 20.5. The number of benzene rings is 3. The van der Waals surface area contributed by atoms with Crippen molar-refractivity contribution in [2.75, 3.05) is 26.3 Å². The summed E-state index contributed by atoms with van der Waals surface area (Å²) in [4.78, 5) is 107. The van der Waals surface area contributed by atoms with Gasteiger partial charge in [0.05, 0.1) is 44.7 Å². The van der Waals surface area contributed by atoms with Crippen LogP contribution in [0.25, 0.3) is 0 Å². The summed E-state index contributed by atoms with van der Waals surface area (Å²) in [7, 11) is 0. The summed E-state index contributed by atoms with van der Waals surface area (Å²) in [5.74, 6) is -6.16. The minimum Gasteiger partial charge on any atom is -0.463 e. The number of nitrogens with one attached hydrogen (secondary N) is 3. The van der Waals surface area contributed by atoms with Crippen molar-refractivity contribution in [2.24, 2.45) is 17.8 Å². The highest BCUT2D eigenvalue weighted by molar-refractivity contribution is 5.82. The average Bonchev–Trinajstić information content (AvgIpc) is 0.914. The number of carbonyl (C=O) groups excluding carboxylic acids is 8. The number of hydrogen-bond donors (Lipinski definition) is 3. The first-order chi connectivity index (χ1) is 43.8. The quantitative estimate of drug-likeness (QED) is 0.0421. The van der Waals surface area contributed by atoms with Crippen LogP contribution in [0.1, 0.15) is 123 Å². The lowest BCUT2D eigenvalue weighted by Crippen LogP contribution is -2.70. The number of esters is 5. The lowest BCUT2D eigenvalue weighted by Gasteiger charge is -2.51. The minimum absolute atomic E-state index is 0.00437. The van der Waals surface area contributed by atoms with E-state index in [4.69, 9.17) is 61.6 Å². The first kappa shape index (κ1) is 70.0. The molecule has 3 amide bonds. The van der Waals surface area contributed by atoms with Gasteiger partial charge in [-0.2, -0.15) is 0 Å². The predicted octanol–water partition coefficient (Wildman–Crippen LogP) is 5.80. The topological polar surface area (TPSA) is 293 Å². The third-order valence-corrected chi connectivity index (χ3v) is 16.9. The lowest BCUT2D eigenvalue weighted by molar-refractivity contribution is -0.344. The zero-order valence-corrected chi connectivity index (χ0v) is 52.9. The highest BCUT2D eigenvalue weighted by Gasteiger charge is 2.58. The first-order valence-corrected chi connectivity index (χ1v) is 31.7. The van der Waals surface area contributed by atoms with Crippen LogP contribution in [0.3, 0.4) is 0 Å². The summed E-state index contributed by atoms with van der Waals surface area (Å²) < 4.78 is 81.4. The fourth-order valence-corrected chi connectivity index (χ4v) is 12.6. The van der Waals surface area contributed by atoms with Crippen molar-refractivity contribution in [1.29, 1.82) is 0 Å². The molecule has 3 aromatic carbocycles. The molecular formula is C67H89N3O21. The van der Waals surface area contributed by atoms with Gasteiger partial charge in [0.2, 0.25) is 11.8 Å². The summed E-state index contributed by atoms with van der Waals surface area (Å²) in [6.07, 6.45) is -11.1. The van der Waals surface area contributed by atoms with E-state index in [2.05, 4.69) is 16.0 Å². The van der Waals surface area contributed by atoms with Crippen molar-refractivity contribution >= 4 is 47.6 Å². The zero-order chi connectivity index (χ0) is 65.0. The Morgan fingerprint density at radius 1 is 0.615 bits per heavy atom. The van der Waals surface area contributed by atoms with Crippen LogP contribution in [0.2, 0.25) is 0 Å². The molecule has 0 bridgehead atoms. The molecule has 24 nitrogen and oxygen atoms in total. The maximum absolute atomic E-state index is 14.8. The average molecular weight is 1270 g/mol. The maximum Gasteiger partial charge on any atom is 0.335 e. The molecule has 3 N–H and O–H groups in total. The Kier molecular flexibility index (Phi) is 26.7. The van der Waals surface area contributed by atoms with Crippen LogP contribution < -0.4 is 16.0 Å². The van der Waals surface area contributed by atoms with E-state index in [0.29, 0.717) is 12.8 Å². The highest BCUT2D eigenvalue weighted by atomic mass is 16.8. The summed E-state index contributed by atoms with van der Waals surface area (Å²) >= 11 is 0. The van der Waals surface area contributed by atoms with Gasteiger partial charge in [0.1, 0.15) is 31.0 Å². The van der Waals surface area contributed by atoms with E-state index in [1.165, 1.54) is 20.8 Å². The number of amides is 3. The molecule has 5 fully saturated rings. The van der Waals surface area contributed by atoms with Gasteiger partial charge < -0.3 is 77.5 Å². The van der Waals surface area contributed by atoms with Crippen LogP contribution in [0.15, 0.2) is 91.0 Å². The van der Waals surface area contributed by atoms with E-state index in [1.54, 1.807) is 6.92 Å². The molecule has 0 spiro atoms. The van der Waals surface area contributed by atoms with E-state index in [-0.39, 0.29) is 58.3 Å². The predicted molar refractivity (Wildman–Crippen MR) is 322 cm³/mol. The number of rotatable bonds is 29. The molecule has 2 aliphatic carbocycles. The van der Waals surface area contributed by atoms with Crippen LogP contribution in [0, 0.1) is 17.8 Å². The Labute approximate surface area is 531 Å². The van der Waals surface area contributed by atoms with Crippen molar-refractivity contribution in [3.63, 3.8) is 0 Å². The minimum atomic E-state index is -1.51. The maximum atomic E-state index is 14.8. The lowest BCUT2D eigenvalue weighted by atomic mass is 9.75. The molecular weight excluding hydrogens is 1180 g/mol. The van der Waals surface area contributed by atoms with Crippen LogP contribution in [-0.2, 0) is 120 Å². The van der Waals surface area contributed by atoms with E-state index in [9.17, 15) is 38.4 Å². The second-order valence-electron chi connectivity index (χ2n) is 24.0. The molecule has 498 valence electrons.